The molecule has 1 aromatic heterocycles. The van der Waals surface area contributed by atoms with E-state index in [9.17, 15) is 14.7 Å². The molecule has 2 aromatic carbocycles. The molecule has 0 aliphatic rings. The van der Waals surface area contributed by atoms with E-state index in [2.05, 4.69) is 27.8 Å². The van der Waals surface area contributed by atoms with Crippen molar-refractivity contribution < 1.29 is 14.7 Å². The molecule has 0 fully saturated rings. The molecule has 190 valence electrons. The number of nitrogen functional groups attached to an aromatic ring is 1. The van der Waals surface area contributed by atoms with Crippen LogP contribution in [0.25, 0.3) is 0 Å². The second kappa shape index (κ2) is 13.4. The average Bonchev–Trinajstić information content (AvgIpc) is 2.86. The molecule has 5 N–H and O–H groups in total. The largest absolute Gasteiger partial charge is 0.508 e. The van der Waals surface area contributed by atoms with Gasteiger partial charge >= 0.3 is 0 Å². The van der Waals surface area contributed by atoms with Gasteiger partial charge in [0.05, 0.1) is 6.04 Å². The smallest absolute Gasteiger partial charge is 0.223 e. The van der Waals surface area contributed by atoms with Crippen molar-refractivity contribution in [1.82, 2.24) is 15.6 Å². The fourth-order valence-electron chi connectivity index (χ4n) is 4.12. The molecule has 1 heterocycles. The summed E-state index contributed by atoms with van der Waals surface area (Å²) >= 11 is 0. The summed E-state index contributed by atoms with van der Waals surface area (Å²) in [6.07, 6.45) is 2.26. The summed E-state index contributed by atoms with van der Waals surface area (Å²) < 4.78 is 0. The third-order valence-corrected chi connectivity index (χ3v) is 6.29. The van der Waals surface area contributed by atoms with E-state index in [0.717, 1.165) is 23.2 Å². The van der Waals surface area contributed by atoms with Crippen LogP contribution in [0, 0.1) is 12.8 Å². The molecule has 0 unspecified atom stereocenters. The molecule has 2 atom stereocenters. The van der Waals surface area contributed by atoms with E-state index in [4.69, 9.17) is 5.73 Å². The number of nitrogens with zero attached hydrogens (tertiary/aromatic N) is 1. The Bertz CT molecular complexity index is 1150. The minimum Gasteiger partial charge on any atom is -0.508 e. The number of phenols is 1. The Balaban J connectivity index is 1.56. The molecule has 1 amide bonds. The lowest BCUT2D eigenvalue weighted by Gasteiger charge is -2.20. The molecule has 0 saturated carbocycles. The van der Waals surface area contributed by atoms with Crippen LogP contribution >= 0.6 is 0 Å². The number of aryl methyl sites for hydroxylation is 2. The number of rotatable bonds is 13. The molecular weight excluding hydrogens is 452 g/mol. The van der Waals surface area contributed by atoms with E-state index in [1.165, 1.54) is 5.56 Å². The van der Waals surface area contributed by atoms with Gasteiger partial charge in [0.2, 0.25) is 5.91 Å². The Hall–Kier alpha value is -3.71. The predicted molar refractivity (Wildman–Crippen MR) is 142 cm³/mol. The number of amides is 1. The monoisotopic (exact) mass is 488 g/mol. The fraction of sp³-hybridized carbons (Fsp3) is 0.345. The maximum atomic E-state index is 13.2. The van der Waals surface area contributed by atoms with Crippen LogP contribution in [0.4, 0.5) is 5.82 Å². The summed E-state index contributed by atoms with van der Waals surface area (Å²) in [5, 5.41) is 16.0. The Morgan fingerprint density at radius 2 is 1.75 bits per heavy atom. The highest BCUT2D eigenvalue weighted by Crippen LogP contribution is 2.14. The van der Waals surface area contributed by atoms with Gasteiger partial charge in [-0.05, 0) is 67.6 Å². The minimum atomic E-state index is -0.452. The summed E-state index contributed by atoms with van der Waals surface area (Å²) in [6.45, 7) is 4.57. The molecule has 0 bridgehead atoms. The summed E-state index contributed by atoms with van der Waals surface area (Å²) in [5.74, 6) is 0.0799. The van der Waals surface area contributed by atoms with Gasteiger partial charge in [0.15, 0.2) is 5.78 Å². The quantitative estimate of drug-likeness (QED) is 0.291. The number of ketones is 1. The van der Waals surface area contributed by atoms with Crippen LogP contribution in [0.15, 0.2) is 66.7 Å². The lowest BCUT2D eigenvalue weighted by molar-refractivity contribution is -0.129. The highest BCUT2D eigenvalue weighted by atomic mass is 16.3. The zero-order valence-electron chi connectivity index (χ0n) is 21.0. The number of benzene rings is 2. The Morgan fingerprint density at radius 1 is 1.00 bits per heavy atom. The Morgan fingerprint density at radius 3 is 2.47 bits per heavy atom. The van der Waals surface area contributed by atoms with E-state index < -0.39 is 5.92 Å². The second-order valence-corrected chi connectivity index (χ2v) is 9.22. The number of aromatic hydroxyl groups is 1. The Kier molecular flexibility index (Phi) is 10.0. The maximum absolute atomic E-state index is 13.2. The van der Waals surface area contributed by atoms with Crippen molar-refractivity contribution in [2.45, 2.75) is 52.1 Å². The summed E-state index contributed by atoms with van der Waals surface area (Å²) in [4.78, 5) is 30.2. The number of phenolic OH excluding ortho intramolecular Hbond substituents is 1. The highest BCUT2D eigenvalue weighted by Gasteiger charge is 2.23. The van der Waals surface area contributed by atoms with Gasteiger partial charge < -0.3 is 21.5 Å². The molecule has 7 nitrogen and oxygen atoms in total. The van der Waals surface area contributed by atoms with Gasteiger partial charge in [-0.3, -0.25) is 9.59 Å². The van der Waals surface area contributed by atoms with E-state index in [1.54, 1.807) is 25.1 Å². The van der Waals surface area contributed by atoms with Crippen LogP contribution in [-0.2, 0) is 29.0 Å². The highest BCUT2D eigenvalue weighted by molar-refractivity contribution is 5.89. The second-order valence-electron chi connectivity index (χ2n) is 9.22. The number of pyridine rings is 1. The molecule has 0 spiro atoms. The van der Waals surface area contributed by atoms with Gasteiger partial charge in [0.1, 0.15) is 11.6 Å². The van der Waals surface area contributed by atoms with Crippen LogP contribution in [0.5, 0.6) is 5.75 Å². The number of Topliss-reactive ketones (excluding diaryl/α,β-unsaturated/α-hetero) is 1. The molecule has 0 radical (unpaired) electrons. The van der Waals surface area contributed by atoms with Crippen molar-refractivity contribution in [1.29, 1.82) is 0 Å². The average molecular weight is 489 g/mol. The first kappa shape index (κ1) is 26.9. The minimum absolute atomic E-state index is 0.0230. The van der Waals surface area contributed by atoms with Crippen molar-refractivity contribution in [3.8, 4) is 5.75 Å². The van der Waals surface area contributed by atoms with Crippen molar-refractivity contribution in [3.05, 3.63) is 89.1 Å². The normalized spacial score (nSPS) is 12.6. The lowest BCUT2D eigenvalue weighted by Crippen LogP contribution is -2.40. The lowest BCUT2D eigenvalue weighted by atomic mass is 9.95. The third kappa shape index (κ3) is 8.50. The van der Waals surface area contributed by atoms with Gasteiger partial charge in [0, 0.05) is 24.6 Å². The number of hydrogen-bond donors (Lipinski definition) is 4. The molecule has 3 rings (SSSR count). The Labute approximate surface area is 213 Å². The molecule has 0 saturated heterocycles. The zero-order valence-corrected chi connectivity index (χ0v) is 21.0. The summed E-state index contributed by atoms with van der Waals surface area (Å²) in [5.41, 5.74) is 9.53. The van der Waals surface area contributed by atoms with Crippen LogP contribution in [0.2, 0.25) is 0 Å². The summed E-state index contributed by atoms with van der Waals surface area (Å²) in [7, 11) is 0. The number of carbonyl (C=O) groups excluding carboxylic acids is 2. The number of nitrogens with two attached hydrogens (primary N) is 1. The van der Waals surface area contributed by atoms with Crippen LogP contribution in [0.1, 0.15) is 42.1 Å². The maximum Gasteiger partial charge on any atom is 0.223 e. The van der Waals surface area contributed by atoms with Gasteiger partial charge in [-0.2, -0.15) is 0 Å². The molecule has 3 aromatic rings. The zero-order chi connectivity index (χ0) is 25.9. The van der Waals surface area contributed by atoms with Crippen LogP contribution < -0.4 is 16.4 Å². The van der Waals surface area contributed by atoms with Gasteiger partial charge in [-0.1, -0.05) is 55.5 Å². The number of carbonyl (C=O) groups is 2. The first-order valence-electron chi connectivity index (χ1n) is 12.4. The van der Waals surface area contributed by atoms with Gasteiger partial charge in [-0.25, -0.2) is 4.98 Å². The number of anilines is 1. The molecule has 7 heteroatoms. The molecule has 0 aliphatic heterocycles. The van der Waals surface area contributed by atoms with Crippen LogP contribution in [-0.4, -0.2) is 34.4 Å². The molecule has 0 aliphatic carbocycles. The van der Waals surface area contributed by atoms with Gasteiger partial charge in [-0.15, -0.1) is 0 Å². The predicted octanol–water partition coefficient (Wildman–Crippen LogP) is 3.72. The SMILES string of the molecule is Cc1nc(N)ccc1CNC(=O)[C@H](C)CC(=O)[C@@H](CCc1ccccc1)NCCc1cccc(O)c1. The number of hydrogen-bond acceptors (Lipinski definition) is 6. The van der Waals surface area contributed by atoms with E-state index in [1.807, 2.05) is 43.3 Å². The molecule has 36 heavy (non-hydrogen) atoms. The van der Waals surface area contributed by atoms with Crippen molar-refractivity contribution in [3.63, 3.8) is 0 Å². The van der Waals surface area contributed by atoms with Crippen molar-refractivity contribution >= 4 is 17.5 Å². The number of aromatic nitrogens is 1. The standard InChI is InChI=1S/C29H36N4O3/c1-20(29(36)32-19-24-12-14-28(30)33-21(24)2)17-27(35)26(13-11-22-7-4-3-5-8-22)31-16-15-23-9-6-10-25(34)18-23/h3-10,12,14,18,20,26,31,34H,11,13,15-17,19H2,1-2H3,(H2,30,33)(H,32,36)/t20-,26-/m1/s1. The first-order valence-corrected chi connectivity index (χ1v) is 12.4. The van der Waals surface area contributed by atoms with E-state index in [-0.39, 0.29) is 29.9 Å². The van der Waals surface area contributed by atoms with Crippen molar-refractivity contribution in [2.24, 2.45) is 5.92 Å². The van der Waals surface area contributed by atoms with E-state index in [0.29, 0.717) is 31.7 Å². The summed E-state index contributed by atoms with van der Waals surface area (Å²) in [6, 6.07) is 20.4. The first-order chi connectivity index (χ1) is 17.3. The molecular formula is C29H36N4O3. The fourth-order valence-corrected chi connectivity index (χ4v) is 4.12. The van der Waals surface area contributed by atoms with Crippen molar-refractivity contribution in [2.75, 3.05) is 12.3 Å². The topological polar surface area (TPSA) is 117 Å². The number of nitrogens with one attached hydrogen (secondary N) is 2. The van der Waals surface area contributed by atoms with E-state index >= 15 is 0 Å². The third-order valence-electron chi connectivity index (χ3n) is 6.29. The van der Waals surface area contributed by atoms with Gasteiger partial charge in [0.25, 0.3) is 0 Å². The van der Waals surface area contributed by atoms with Crippen LogP contribution in [0.3, 0.4) is 0 Å².